The molecule has 0 atom stereocenters. The smallest absolute Gasteiger partial charge is 0.349 e. The second-order valence-corrected chi connectivity index (χ2v) is 5.77. The van der Waals surface area contributed by atoms with Crippen molar-refractivity contribution < 1.29 is 9.53 Å². The monoisotopic (exact) mass is 298 g/mol. The maximum Gasteiger partial charge on any atom is 0.349 e. The zero-order valence-corrected chi connectivity index (χ0v) is 12.8. The molecule has 0 radical (unpaired) electrons. The molecule has 0 amide bonds. The van der Waals surface area contributed by atoms with Crippen LogP contribution in [-0.4, -0.2) is 23.0 Å². The van der Waals surface area contributed by atoms with Gasteiger partial charge in [0.25, 0.3) is 0 Å². The van der Waals surface area contributed by atoms with Crippen molar-refractivity contribution in [3.63, 3.8) is 0 Å². The highest BCUT2D eigenvalue weighted by Gasteiger charge is 2.17. The first kappa shape index (κ1) is 13.7. The van der Waals surface area contributed by atoms with Crippen LogP contribution < -0.4 is 0 Å². The molecule has 0 saturated carbocycles. The Morgan fingerprint density at radius 3 is 2.71 bits per heavy atom. The number of esters is 1. The largest absolute Gasteiger partial charge is 0.465 e. The molecule has 0 fully saturated rings. The van der Waals surface area contributed by atoms with Crippen LogP contribution in [0.5, 0.6) is 0 Å². The summed E-state index contributed by atoms with van der Waals surface area (Å²) in [6.07, 6.45) is 0. The van der Waals surface area contributed by atoms with Crippen molar-refractivity contribution in [2.45, 2.75) is 13.8 Å². The minimum Gasteiger partial charge on any atom is -0.465 e. The highest BCUT2D eigenvalue weighted by molar-refractivity contribution is 7.17. The Morgan fingerprint density at radius 2 is 1.95 bits per heavy atom. The number of hydrogen-bond acceptors (Lipinski definition) is 5. The topological polar surface area (TPSA) is 52.1 Å². The minimum absolute atomic E-state index is 0.353. The predicted molar refractivity (Wildman–Crippen MR) is 83.7 cm³/mol. The number of aromatic nitrogens is 2. The van der Waals surface area contributed by atoms with Crippen LogP contribution in [0.4, 0.5) is 0 Å². The molecule has 3 aromatic rings. The molecular weight excluding hydrogens is 284 g/mol. The summed E-state index contributed by atoms with van der Waals surface area (Å²) in [6.45, 7) is 3.86. The molecule has 0 bridgehead atoms. The van der Waals surface area contributed by atoms with Crippen LogP contribution in [0.2, 0.25) is 0 Å². The van der Waals surface area contributed by atoms with Gasteiger partial charge in [-0.3, -0.25) is 0 Å². The van der Waals surface area contributed by atoms with E-state index in [2.05, 4.69) is 23.0 Å². The highest BCUT2D eigenvalue weighted by Crippen LogP contribution is 2.29. The number of rotatable bonds is 2. The van der Waals surface area contributed by atoms with E-state index in [1.807, 2.05) is 24.3 Å². The number of para-hydroxylation sites is 1. The van der Waals surface area contributed by atoms with Crippen molar-refractivity contribution in [3.8, 4) is 10.7 Å². The summed E-state index contributed by atoms with van der Waals surface area (Å²) >= 11 is 1.31. The molecule has 0 spiro atoms. The van der Waals surface area contributed by atoms with Crippen LogP contribution in [-0.2, 0) is 4.74 Å². The molecule has 0 aliphatic heterocycles. The molecular formula is C16H14N2O2S. The van der Waals surface area contributed by atoms with Crippen molar-refractivity contribution in [1.82, 2.24) is 9.97 Å². The van der Waals surface area contributed by atoms with Gasteiger partial charge in [-0.1, -0.05) is 18.2 Å². The predicted octanol–water partition coefficient (Wildman–Crippen LogP) is 3.76. The second kappa shape index (κ2) is 5.26. The van der Waals surface area contributed by atoms with Crippen LogP contribution in [0.1, 0.15) is 20.9 Å². The third-order valence-corrected chi connectivity index (χ3v) is 4.47. The summed E-state index contributed by atoms with van der Waals surface area (Å²) in [5.41, 5.74) is 3.53. The first-order chi connectivity index (χ1) is 10.1. The lowest BCUT2D eigenvalue weighted by Gasteiger charge is -2.04. The first-order valence-electron chi connectivity index (χ1n) is 6.52. The summed E-state index contributed by atoms with van der Waals surface area (Å²) in [4.78, 5) is 21.3. The van der Waals surface area contributed by atoms with Gasteiger partial charge in [0.15, 0.2) is 0 Å². The number of fused-ring (bicyclic) bond motifs is 1. The van der Waals surface area contributed by atoms with Crippen molar-refractivity contribution in [2.24, 2.45) is 0 Å². The van der Waals surface area contributed by atoms with E-state index in [1.165, 1.54) is 18.4 Å². The number of ether oxygens (including phenoxy) is 1. The normalized spacial score (nSPS) is 10.8. The van der Waals surface area contributed by atoms with E-state index < -0.39 is 0 Å². The van der Waals surface area contributed by atoms with Crippen LogP contribution in [0.3, 0.4) is 0 Å². The van der Waals surface area contributed by atoms with E-state index in [4.69, 9.17) is 4.74 Å². The molecule has 21 heavy (non-hydrogen) atoms. The fourth-order valence-corrected chi connectivity index (χ4v) is 3.19. The van der Waals surface area contributed by atoms with Crippen molar-refractivity contribution in [3.05, 3.63) is 46.5 Å². The van der Waals surface area contributed by atoms with Crippen molar-refractivity contribution in [2.75, 3.05) is 7.11 Å². The average molecular weight is 298 g/mol. The third-order valence-electron chi connectivity index (χ3n) is 3.31. The number of carbonyl (C=O) groups excluding carboxylic acids is 1. The van der Waals surface area contributed by atoms with Crippen LogP contribution in [0, 0.1) is 13.8 Å². The highest BCUT2D eigenvalue weighted by atomic mass is 32.1. The maximum atomic E-state index is 11.7. The fraction of sp³-hybridized carbons (Fsp3) is 0.188. The van der Waals surface area contributed by atoms with Crippen molar-refractivity contribution >= 4 is 28.2 Å². The molecule has 1 aromatic carbocycles. The van der Waals surface area contributed by atoms with E-state index in [0.29, 0.717) is 10.6 Å². The zero-order chi connectivity index (χ0) is 15.0. The lowest BCUT2D eigenvalue weighted by Crippen LogP contribution is -1.99. The van der Waals surface area contributed by atoms with Gasteiger partial charge in [-0.05, 0) is 31.5 Å². The minimum atomic E-state index is -0.353. The number of benzene rings is 1. The first-order valence-corrected chi connectivity index (χ1v) is 7.34. The van der Waals surface area contributed by atoms with Gasteiger partial charge in [0.05, 0.1) is 24.0 Å². The molecule has 0 aliphatic carbocycles. The van der Waals surface area contributed by atoms with Gasteiger partial charge >= 0.3 is 5.97 Å². The van der Waals surface area contributed by atoms with Gasteiger partial charge in [0.2, 0.25) is 0 Å². The third kappa shape index (κ3) is 2.40. The Balaban J connectivity index is 2.15. The second-order valence-electron chi connectivity index (χ2n) is 4.77. The lowest BCUT2D eigenvalue weighted by molar-refractivity contribution is 0.0605. The van der Waals surface area contributed by atoms with Gasteiger partial charge in [0, 0.05) is 5.39 Å². The summed E-state index contributed by atoms with van der Waals surface area (Å²) < 4.78 is 4.77. The van der Waals surface area contributed by atoms with Crippen molar-refractivity contribution in [1.29, 1.82) is 0 Å². The molecule has 0 N–H and O–H groups in total. The van der Waals surface area contributed by atoms with Gasteiger partial charge in [-0.25, -0.2) is 14.8 Å². The summed E-state index contributed by atoms with van der Waals surface area (Å²) in [6, 6.07) is 9.99. The molecule has 2 aromatic heterocycles. The molecule has 5 heteroatoms. The summed E-state index contributed by atoms with van der Waals surface area (Å²) in [5, 5.41) is 1.87. The van der Waals surface area contributed by atoms with Gasteiger partial charge in [-0.15, -0.1) is 11.3 Å². The van der Waals surface area contributed by atoms with E-state index in [-0.39, 0.29) is 5.97 Å². The number of pyridine rings is 1. The number of carbonyl (C=O) groups is 1. The van der Waals surface area contributed by atoms with E-state index in [0.717, 1.165) is 27.2 Å². The maximum absolute atomic E-state index is 11.7. The number of aryl methyl sites for hydroxylation is 2. The Hall–Kier alpha value is -2.27. The zero-order valence-electron chi connectivity index (χ0n) is 12.0. The van der Waals surface area contributed by atoms with Gasteiger partial charge in [-0.2, -0.15) is 0 Å². The van der Waals surface area contributed by atoms with E-state index >= 15 is 0 Å². The fourth-order valence-electron chi connectivity index (χ4n) is 2.25. The molecule has 0 aliphatic rings. The van der Waals surface area contributed by atoms with E-state index in [1.54, 1.807) is 6.92 Å². The van der Waals surface area contributed by atoms with Crippen LogP contribution in [0.25, 0.3) is 21.6 Å². The van der Waals surface area contributed by atoms with Crippen LogP contribution >= 0.6 is 11.3 Å². The number of hydrogen-bond donors (Lipinski definition) is 0. The number of thiazole rings is 1. The number of nitrogens with zero attached hydrogens (tertiary/aromatic N) is 2. The molecule has 0 saturated heterocycles. The standard InChI is InChI=1S/C16H14N2O2S/c1-9-8-13(18-12-7-5-4-6-11(9)12)15-17-10(2)14(21-15)16(19)20-3/h4-8H,1-3H3. The van der Waals surface area contributed by atoms with Crippen LogP contribution in [0.15, 0.2) is 30.3 Å². The average Bonchev–Trinajstić information content (AvgIpc) is 2.88. The Kier molecular flexibility index (Phi) is 3.43. The Bertz CT molecular complexity index is 839. The quantitative estimate of drug-likeness (QED) is 0.676. The Morgan fingerprint density at radius 1 is 1.19 bits per heavy atom. The molecule has 106 valence electrons. The molecule has 3 rings (SSSR count). The summed E-state index contributed by atoms with van der Waals surface area (Å²) in [5.74, 6) is -0.353. The SMILES string of the molecule is COC(=O)c1sc(-c2cc(C)c3ccccc3n2)nc1C. The van der Waals surface area contributed by atoms with E-state index in [9.17, 15) is 4.79 Å². The number of methoxy groups -OCH3 is 1. The molecule has 0 unspecified atom stereocenters. The Labute approximate surface area is 126 Å². The lowest BCUT2D eigenvalue weighted by atomic mass is 10.1. The van der Waals surface area contributed by atoms with Gasteiger partial charge < -0.3 is 4.74 Å². The summed E-state index contributed by atoms with van der Waals surface area (Å²) in [7, 11) is 1.37. The van der Waals surface area contributed by atoms with Gasteiger partial charge in [0.1, 0.15) is 9.88 Å². The molecule has 4 nitrogen and oxygen atoms in total. The molecule has 2 heterocycles.